The molecule has 1 saturated carbocycles. The molecule has 1 fully saturated rings. The molecule has 17 heavy (non-hydrogen) atoms. The van der Waals surface area contributed by atoms with Crippen molar-refractivity contribution in [1.82, 2.24) is 5.32 Å². The number of carbonyl (C=O) groups excluding carboxylic acids is 1. The number of thiophene rings is 1. The molecule has 1 aliphatic carbocycles. The number of halogens is 1. The van der Waals surface area contributed by atoms with Crippen LogP contribution in [0.25, 0.3) is 0 Å². The van der Waals surface area contributed by atoms with Crippen LogP contribution in [0.4, 0.5) is 0 Å². The highest BCUT2D eigenvalue weighted by Crippen LogP contribution is 2.27. The Balaban J connectivity index is 1.70. The van der Waals surface area contributed by atoms with Crippen molar-refractivity contribution in [3.8, 4) is 0 Å². The van der Waals surface area contributed by atoms with E-state index in [1.54, 1.807) is 6.07 Å². The molecule has 1 atom stereocenters. The molecule has 1 amide bonds. The summed E-state index contributed by atoms with van der Waals surface area (Å²) in [6, 6.07) is 3.64. The highest BCUT2D eigenvalue weighted by atomic mass is 35.5. The van der Waals surface area contributed by atoms with Crippen molar-refractivity contribution < 1.29 is 9.00 Å². The third kappa shape index (κ3) is 4.77. The van der Waals surface area contributed by atoms with Gasteiger partial charge in [0.05, 0.1) is 10.1 Å². The quantitative estimate of drug-likeness (QED) is 0.873. The Labute approximate surface area is 112 Å². The van der Waals surface area contributed by atoms with Crippen LogP contribution in [-0.2, 0) is 21.3 Å². The lowest BCUT2D eigenvalue weighted by Crippen LogP contribution is -2.30. The van der Waals surface area contributed by atoms with E-state index in [4.69, 9.17) is 11.6 Å². The number of hydrogen-bond donors (Lipinski definition) is 1. The van der Waals surface area contributed by atoms with Crippen molar-refractivity contribution in [1.29, 1.82) is 0 Å². The van der Waals surface area contributed by atoms with Gasteiger partial charge in [-0.1, -0.05) is 11.6 Å². The van der Waals surface area contributed by atoms with E-state index in [1.165, 1.54) is 24.2 Å². The SMILES string of the molecule is O=C(C[S@@](=O)Cc1ccc(Cl)s1)NCC1CC1. The molecule has 1 aliphatic rings. The summed E-state index contributed by atoms with van der Waals surface area (Å²) in [5.74, 6) is 1.04. The third-order valence-corrected chi connectivity index (χ3v) is 5.14. The Morgan fingerprint density at radius 3 is 2.88 bits per heavy atom. The smallest absolute Gasteiger partial charge is 0.232 e. The lowest BCUT2D eigenvalue weighted by Gasteiger charge is -2.03. The van der Waals surface area contributed by atoms with Crippen LogP contribution >= 0.6 is 22.9 Å². The summed E-state index contributed by atoms with van der Waals surface area (Å²) >= 11 is 7.19. The first-order valence-corrected chi connectivity index (χ1v) is 8.17. The summed E-state index contributed by atoms with van der Waals surface area (Å²) in [6.07, 6.45) is 2.41. The maximum atomic E-state index is 11.7. The summed E-state index contributed by atoms with van der Waals surface area (Å²) in [7, 11) is -1.14. The lowest BCUT2D eigenvalue weighted by atomic mass is 10.4. The molecule has 94 valence electrons. The second kappa shape index (κ2) is 5.98. The van der Waals surface area contributed by atoms with Crippen molar-refractivity contribution in [2.75, 3.05) is 12.3 Å². The minimum absolute atomic E-state index is 0.0856. The van der Waals surface area contributed by atoms with Crippen molar-refractivity contribution in [2.45, 2.75) is 18.6 Å². The molecule has 0 unspecified atom stereocenters. The van der Waals surface area contributed by atoms with Gasteiger partial charge in [-0.3, -0.25) is 9.00 Å². The molecule has 0 bridgehead atoms. The number of rotatable bonds is 6. The van der Waals surface area contributed by atoms with E-state index in [0.717, 1.165) is 11.4 Å². The lowest BCUT2D eigenvalue weighted by molar-refractivity contribution is -0.118. The molecule has 6 heteroatoms. The highest BCUT2D eigenvalue weighted by Gasteiger charge is 2.21. The van der Waals surface area contributed by atoms with Crippen LogP contribution in [0.15, 0.2) is 12.1 Å². The van der Waals surface area contributed by atoms with Gasteiger partial charge in [0.15, 0.2) is 0 Å². The maximum absolute atomic E-state index is 11.7. The Hall–Kier alpha value is -0.390. The largest absolute Gasteiger partial charge is 0.355 e. The topological polar surface area (TPSA) is 46.2 Å². The fourth-order valence-electron chi connectivity index (χ4n) is 1.42. The van der Waals surface area contributed by atoms with Crippen LogP contribution in [0, 0.1) is 5.92 Å². The number of nitrogens with one attached hydrogen (secondary N) is 1. The minimum atomic E-state index is -1.14. The van der Waals surface area contributed by atoms with Crippen LogP contribution < -0.4 is 5.32 Å². The average molecular weight is 292 g/mol. The molecule has 0 radical (unpaired) electrons. The van der Waals surface area contributed by atoms with Crippen molar-refractivity contribution in [3.63, 3.8) is 0 Å². The number of hydrogen-bond acceptors (Lipinski definition) is 3. The first-order chi connectivity index (χ1) is 8.13. The zero-order chi connectivity index (χ0) is 12.3. The molecule has 1 N–H and O–H groups in total. The minimum Gasteiger partial charge on any atom is -0.355 e. The van der Waals surface area contributed by atoms with E-state index in [2.05, 4.69) is 5.32 Å². The van der Waals surface area contributed by atoms with Crippen LogP contribution in [0.3, 0.4) is 0 Å². The predicted molar refractivity (Wildman–Crippen MR) is 71.8 cm³/mol. The second-order valence-electron chi connectivity index (χ2n) is 4.18. The van der Waals surface area contributed by atoms with Gasteiger partial charge in [-0.05, 0) is 30.9 Å². The van der Waals surface area contributed by atoms with Gasteiger partial charge >= 0.3 is 0 Å². The van der Waals surface area contributed by atoms with Gasteiger partial charge in [0, 0.05) is 22.2 Å². The first-order valence-electron chi connectivity index (χ1n) is 5.49. The number of amides is 1. The summed E-state index contributed by atoms with van der Waals surface area (Å²) in [6.45, 7) is 0.737. The summed E-state index contributed by atoms with van der Waals surface area (Å²) < 4.78 is 12.4. The van der Waals surface area contributed by atoms with Gasteiger partial charge < -0.3 is 5.32 Å². The zero-order valence-corrected chi connectivity index (χ0v) is 11.7. The van der Waals surface area contributed by atoms with E-state index in [-0.39, 0.29) is 11.7 Å². The van der Waals surface area contributed by atoms with Crippen LogP contribution in [0.1, 0.15) is 17.7 Å². The Morgan fingerprint density at radius 1 is 1.53 bits per heavy atom. The van der Waals surface area contributed by atoms with Gasteiger partial charge in [0.1, 0.15) is 5.75 Å². The molecule has 0 spiro atoms. The Kier molecular flexibility index (Phi) is 4.59. The van der Waals surface area contributed by atoms with Crippen molar-refractivity contribution >= 4 is 39.6 Å². The molecule has 0 aliphatic heterocycles. The third-order valence-electron chi connectivity index (χ3n) is 2.51. The van der Waals surface area contributed by atoms with Gasteiger partial charge in [0.2, 0.25) is 5.91 Å². The van der Waals surface area contributed by atoms with Crippen molar-refractivity contribution in [3.05, 3.63) is 21.3 Å². The van der Waals surface area contributed by atoms with Gasteiger partial charge in [-0.2, -0.15) is 0 Å². The van der Waals surface area contributed by atoms with Crippen molar-refractivity contribution in [2.24, 2.45) is 5.92 Å². The highest BCUT2D eigenvalue weighted by molar-refractivity contribution is 7.85. The predicted octanol–water partition coefficient (Wildman–Crippen LogP) is 2.18. The van der Waals surface area contributed by atoms with E-state index in [1.807, 2.05) is 6.07 Å². The Morgan fingerprint density at radius 2 is 2.29 bits per heavy atom. The van der Waals surface area contributed by atoms with Gasteiger partial charge in [-0.15, -0.1) is 11.3 Å². The van der Waals surface area contributed by atoms with E-state index < -0.39 is 10.8 Å². The molecule has 3 nitrogen and oxygen atoms in total. The molecular formula is C11H14ClNO2S2. The van der Waals surface area contributed by atoms with E-state index in [0.29, 0.717) is 16.0 Å². The van der Waals surface area contributed by atoms with Gasteiger partial charge in [-0.25, -0.2) is 0 Å². The molecule has 1 aromatic rings. The monoisotopic (exact) mass is 291 g/mol. The van der Waals surface area contributed by atoms with E-state index >= 15 is 0 Å². The maximum Gasteiger partial charge on any atom is 0.232 e. The summed E-state index contributed by atoms with van der Waals surface area (Å²) in [5.41, 5.74) is 0. The first kappa shape index (κ1) is 13.1. The molecule has 2 rings (SSSR count). The summed E-state index contributed by atoms with van der Waals surface area (Å²) in [5, 5.41) is 2.81. The molecule has 1 heterocycles. The second-order valence-corrected chi connectivity index (χ2v) is 7.44. The summed E-state index contributed by atoms with van der Waals surface area (Å²) in [4.78, 5) is 12.4. The molecule has 0 aromatic carbocycles. The van der Waals surface area contributed by atoms with E-state index in [9.17, 15) is 9.00 Å². The fourth-order valence-corrected chi connectivity index (χ4v) is 3.84. The van der Waals surface area contributed by atoms with Gasteiger partial charge in [0.25, 0.3) is 0 Å². The van der Waals surface area contributed by atoms with Crippen LogP contribution in [0.5, 0.6) is 0 Å². The molecule has 1 aromatic heterocycles. The Bertz CT molecular complexity index is 429. The molecule has 0 saturated heterocycles. The average Bonchev–Trinajstić information content (AvgIpc) is 3.00. The standard InChI is InChI=1S/C11H14ClNO2S2/c12-10-4-3-9(16-10)6-17(15)7-11(14)13-5-8-1-2-8/h3-4,8H,1-2,5-7H2,(H,13,14)/t17-/m0/s1. The number of carbonyl (C=O) groups is 1. The van der Waals surface area contributed by atoms with Crippen LogP contribution in [-0.4, -0.2) is 22.4 Å². The van der Waals surface area contributed by atoms with Crippen LogP contribution in [0.2, 0.25) is 4.34 Å². The molecular weight excluding hydrogens is 278 g/mol. The fraction of sp³-hybridized carbons (Fsp3) is 0.545. The normalized spacial score (nSPS) is 16.8. The zero-order valence-electron chi connectivity index (χ0n) is 9.28.